The van der Waals surface area contributed by atoms with Crippen molar-refractivity contribution in [1.29, 1.82) is 0 Å². The van der Waals surface area contributed by atoms with Crippen LogP contribution in [0.2, 0.25) is 0 Å². The molecule has 0 aromatic heterocycles. The maximum atomic E-state index is 10.8. The molecule has 0 unspecified atom stereocenters. The lowest BCUT2D eigenvalue weighted by Crippen LogP contribution is -2.43. The normalized spacial score (nSPS) is 30.0. The van der Waals surface area contributed by atoms with E-state index in [0.29, 0.717) is 11.8 Å². The van der Waals surface area contributed by atoms with Gasteiger partial charge in [-0.1, -0.05) is 46.4 Å². The number of nitrogens with zero attached hydrogens (tertiary/aromatic N) is 1. The summed E-state index contributed by atoms with van der Waals surface area (Å²) in [7, 11) is 0. The Morgan fingerprint density at radius 1 is 1.00 bits per heavy atom. The van der Waals surface area contributed by atoms with Crippen molar-refractivity contribution in [3.8, 4) is 0 Å². The van der Waals surface area contributed by atoms with Crippen LogP contribution in [-0.2, 0) is 6.42 Å². The van der Waals surface area contributed by atoms with Gasteiger partial charge in [-0.2, -0.15) is 0 Å². The third-order valence-corrected chi connectivity index (χ3v) is 6.79. The van der Waals surface area contributed by atoms with Gasteiger partial charge >= 0.3 is 0 Å². The van der Waals surface area contributed by atoms with Crippen LogP contribution in [0.25, 0.3) is 0 Å². The van der Waals surface area contributed by atoms with Crippen LogP contribution in [-0.4, -0.2) is 17.3 Å². The van der Waals surface area contributed by atoms with Crippen LogP contribution in [0.4, 0.5) is 5.69 Å². The number of aliphatic hydroxyl groups is 1. The van der Waals surface area contributed by atoms with E-state index in [9.17, 15) is 5.11 Å². The molecule has 1 aromatic rings. The van der Waals surface area contributed by atoms with E-state index in [1.165, 1.54) is 23.4 Å². The number of hydrogen-bond acceptors (Lipinski definition) is 2. The molecule has 2 fully saturated rings. The number of benzene rings is 1. The molecule has 1 saturated carbocycles. The fraction of sp³-hybridized carbons (Fsp3) is 0.652. The highest BCUT2D eigenvalue weighted by Gasteiger charge is 2.48. The summed E-state index contributed by atoms with van der Waals surface area (Å²) in [6.07, 6.45) is 6.27. The van der Waals surface area contributed by atoms with E-state index in [4.69, 9.17) is 0 Å². The monoisotopic (exact) mass is 341 g/mol. The first kappa shape index (κ1) is 18.5. The van der Waals surface area contributed by atoms with E-state index >= 15 is 0 Å². The lowest BCUT2D eigenvalue weighted by atomic mass is 9.64. The lowest BCUT2D eigenvalue weighted by molar-refractivity contribution is -0.0594. The Balaban J connectivity index is 1.70. The zero-order chi connectivity index (χ0) is 18.2. The van der Waals surface area contributed by atoms with Gasteiger partial charge in [0, 0.05) is 23.3 Å². The average Bonchev–Trinajstić information content (AvgIpc) is 2.88. The topological polar surface area (TPSA) is 23.5 Å². The van der Waals surface area contributed by atoms with Gasteiger partial charge in [-0.25, -0.2) is 0 Å². The van der Waals surface area contributed by atoms with Crippen LogP contribution in [0, 0.1) is 17.3 Å². The Labute approximate surface area is 153 Å². The third kappa shape index (κ3) is 3.51. The molecule has 0 radical (unpaired) electrons. The molecule has 2 aliphatic rings. The second kappa shape index (κ2) is 6.79. The predicted octanol–water partition coefficient (Wildman–Crippen LogP) is 5.56. The van der Waals surface area contributed by atoms with Crippen molar-refractivity contribution in [2.75, 3.05) is 11.4 Å². The Bertz CT molecular complexity index is 605. The van der Waals surface area contributed by atoms with Gasteiger partial charge in [0.2, 0.25) is 0 Å². The zero-order valence-electron chi connectivity index (χ0n) is 16.5. The van der Waals surface area contributed by atoms with Crippen molar-refractivity contribution in [3.05, 3.63) is 42.1 Å². The minimum atomic E-state index is -0.475. The maximum absolute atomic E-state index is 10.8. The van der Waals surface area contributed by atoms with Gasteiger partial charge in [0.15, 0.2) is 0 Å². The van der Waals surface area contributed by atoms with Crippen LogP contribution >= 0.6 is 0 Å². The molecule has 1 heterocycles. The number of allylic oxidation sites excluding steroid dienone is 1. The fourth-order valence-corrected chi connectivity index (χ4v) is 4.74. The van der Waals surface area contributed by atoms with E-state index in [-0.39, 0.29) is 5.41 Å². The molecule has 25 heavy (non-hydrogen) atoms. The third-order valence-electron chi connectivity index (χ3n) is 6.79. The minimum Gasteiger partial charge on any atom is -0.390 e. The zero-order valence-corrected chi connectivity index (χ0v) is 16.5. The molecule has 0 amide bonds. The summed E-state index contributed by atoms with van der Waals surface area (Å²) < 4.78 is 0. The van der Waals surface area contributed by atoms with Crippen molar-refractivity contribution >= 4 is 5.69 Å². The quantitative estimate of drug-likeness (QED) is 0.775. The summed E-state index contributed by atoms with van der Waals surface area (Å²) in [4.78, 5) is 2.42. The molecule has 1 aromatic carbocycles. The first-order chi connectivity index (χ1) is 11.8. The summed E-state index contributed by atoms with van der Waals surface area (Å²) in [5, 5.41) is 10.8. The van der Waals surface area contributed by atoms with Crippen molar-refractivity contribution in [2.24, 2.45) is 17.3 Å². The average molecular weight is 342 g/mol. The van der Waals surface area contributed by atoms with Gasteiger partial charge in [-0.15, -0.1) is 0 Å². The number of rotatable bonds is 4. The molecule has 0 atom stereocenters. The maximum Gasteiger partial charge on any atom is 0.0671 e. The van der Waals surface area contributed by atoms with Gasteiger partial charge in [0.05, 0.1) is 5.60 Å². The van der Waals surface area contributed by atoms with E-state index in [2.05, 4.69) is 63.4 Å². The summed E-state index contributed by atoms with van der Waals surface area (Å²) in [5.74, 6) is 1.03. The van der Waals surface area contributed by atoms with Gasteiger partial charge in [0.1, 0.15) is 0 Å². The molecular weight excluding hydrogens is 306 g/mol. The predicted molar refractivity (Wildman–Crippen MR) is 107 cm³/mol. The number of anilines is 1. The fourth-order valence-electron chi connectivity index (χ4n) is 4.74. The molecule has 2 nitrogen and oxygen atoms in total. The van der Waals surface area contributed by atoms with Gasteiger partial charge in [-0.05, 0) is 68.1 Å². The lowest BCUT2D eigenvalue weighted by Gasteiger charge is -2.45. The SMILES string of the molecule is C=C1N(c2ccc(CC(C)C)cc2)CCC12CCC(O)(C(C)C)CC2. The molecule has 1 aliphatic heterocycles. The molecule has 3 rings (SSSR count). The van der Waals surface area contributed by atoms with Crippen LogP contribution in [0.15, 0.2) is 36.5 Å². The first-order valence-corrected chi connectivity index (χ1v) is 10.0. The molecule has 1 N–H and O–H groups in total. The smallest absolute Gasteiger partial charge is 0.0671 e. The molecule has 2 heteroatoms. The Kier molecular flexibility index (Phi) is 5.03. The second-order valence-electron chi connectivity index (χ2n) is 9.15. The number of hydrogen-bond donors (Lipinski definition) is 1. The van der Waals surface area contributed by atoms with Crippen molar-refractivity contribution < 1.29 is 5.11 Å². The molecule has 0 bridgehead atoms. The highest BCUT2D eigenvalue weighted by atomic mass is 16.3. The summed E-state index contributed by atoms with van der Waals surface area (Å²) >= 11 is 0. The van der Waals surface area contributed by atoms with E-state index < -0.39 is 5.60 Å². The van der Waals surface area contributed by atoms with E-state index in [1.807, 2.05) is 0 Å². The highest BCUT2D eigenvalue weighted by Crippen LogP contribution is 2.54. The molecule has 138 valence electrons. The highest BCUT2D eigenvalue weighted by molar-refractivity contribution is 5.56. The van der Waals surface area contributed by atoms with Gasteiger partial charge < -0.3 is 10.0 Å². The van der Waals surface area contributed by atoms with Crippen LogP contribution in [0.5, 0.6) is 0 Å². The Hall–Kier alpha value is -1.28. The van der Waals surface area contributed by atoms with Crippen LogP contribution < -0.4 is 4.90 Å². The minimum absolute atomic E-state index is 0.206. The summed E-state index contributed by atoms with van der Waals surface area (Å²) in [6, 6.07) is 9.06. The van der Waals surface area contributed by atoms with Crippen molar-refractivity contribution in [3.63, 3.8) is 0 Å². The van der Waals surface area contributed by atoms with E-state index in [1.54, 1.807) is 0 Å². The Morgan fingerprint density at radius 3 is 2.12 bits per heavy atom. The second-order valence-corrected chi connectivity index (χ2v) is 9.15. The van der Waals surface area contributed by atoms with E-state index in [0.717, 1.165) is 38.6 Å². The standard InChI is InChI=1S/C23H35NO/c1-17(2)16-20-6-8-21(9-7-20)24-15-14-22(19(24)5)10-12-23(25,13-11-22)18(3)4/h6-9,17-18,25H,5,10-16H2,1-4H3. The molecule has 1 saturated heterocycles. The first-order valence-electron chi connectivity index (χ1n) is 10.0. The van der Waals surface area contributed by atoms with Crippen molar-refractivity contribution in [2.45, 2.75) is 71.8 Å². The summed E-state index contributed by atoms with van der Waals surface area (Å²) in [5.41, 5.74) is 3.70. The largest absolute Gasteiger partial charge is 0.390 e. The van der Waals surface area contributed by atoms with Crippen LogP contribution in [0.1, 0.15) is 65.4 Å². The van der Waals surface area contributed by atoms with Crippen LogP contribution in [0.3, 0.4) is 0 Å². The summed E-state index contributed by atoms with van der Waals surface area (Å²) in [6.45, 7) is 14.4. The Morgan fingerprint density at radius 2 is 1.60 bits per heavy atom. The molecular formula is C23H35NO. The molecule has 1 aliphatic carbocycles. The molecule has 1 spiro atoms. The van der Waals surface area contributed by atoms with Gasteiger partial charge in [0.25, 0.3) is 0 Å². The van der Waals surface area contributed by atoms with Crippen molar-refractivity contribution in [1.82, 2.24) is 0 Å². The van der Waals surface area contributed by atoms with Gasteiger partial charge in [-0.3, -0.25) is 0 Å².